The maximum atomic E-state index is 5.93. The van der Waals surface area contributed by atoms with E-state index in [9.17, 15) is 0 Å². The average Bonchev–Trinajstić information content (AvgIpc) is 2.75. The largest absolute Gasteiger partial charge is 0.381 e. The number of pyridine rings is 1. The maximum Gasteiger partial charge on any atom is 0.191 e. The molecule has 0 amide bonds. The van der Waals surface area contributed by atoms with E-state index in [-0.39, 0.29) is 0 Å². The average molecular weight is 390 g/mol. The lowest BCUT2D eigenvalue weighted by molar-refractivity contribution is -0.0318. The SMILES string of the molecule is CCNC(=NCCCOC1CCOCC1)NC1CCN(c2ccccn2)CC1. The molecule has 0 saturated carbocycles. The van der Waals surface area contributed by atoms with E-state index in [2.05, 4.69) is 33.5 Å². The summed E-state index contributed by atoms with van der Waals surface area (Å²) in [4.78, 5) is 11.5. The van der Waals surface area contributed by atoms with Gasteiger partial charge in [0.25, 0.3) is 0 Å². The molecule has 7 heteroatoms. The second-order valence-electron chi connectivity index (χ2n) is 7.39. The normalized spacial score (nSPS) is 19.6. The van der Waals surface area contributed by atoms with Crippen molar-refractivity contribution in [1.29, 1.82) is 0 Å². The number of rotatable bonds is 8. The molecular weight excluding hydrogens is 354 g/mol. The van der Waals surface area contributed by atoms with E-state index >= 15 is 0 Å². The molecule has 0 spiro atoms. The standard InChI is InChI=1S/C21H35N5O2/c1-2-22-21(24-12-5-15-28-19-9-16-27-17-10-19)25-18-7-13-26(14-8-18)20-6-3-4-11-23-20/h3-4,6,11,18-19H,2,5,7-10,12-17H2,1H3,(H2,22,24,25). The van der Waals surface area contributed by atoms with E-state index in [1.807, 2.05) is 18.3 Å². The molecule has 28 heavy (non-hydrogen) atoms. The zero-order valence-electron chi connectivity index (χ0n) is 17.1. The van der Waals surface area contributed by atoms with Crippen LogP contribution in [-0.2, 0) is 9.47 Å². The zero-order chi connectivity index (χ0) is 19.4. The van der Waals surface area contributed by atoms with Gasteiger partial charge in [-0.1, -0.05) is 6.07 Å². The Hall–Kier alpha value is -1.86. The van der Waals surface area contributed by atoms with Crippen molar-refractivity contribution in [1.82, 2.24) is 15.6 Å². The molecule has 1 aromatic rings. The summed E-state index contributed by atoms with van der Waals surface area (Å²) in [5.74, 6) is 2.00. The van der Waals surface area contributed by atoms with Gasteiger partial charge in [-0.15, -0.1) is 0 Å². The maximum absolute atomic E-state index is 5.93. The van der Waals surface area contributed by atoms with Crippen molar-refractivity contribution in [2.45, 2.75) is 51.2 Å². The third kappa shape index (κ3) is 6.95. The molecule has 3 heterocycles. The second kappa shape index (κ2) is 11.9. The Morgan fingerprint density at radius 1 is 1.25 bits per heavy atom. The highest BCUT2D eigenvalue weighted by Gasteiger charge is 2.20. The number of hydrogen-bond donors (Lipinski definition) is 2. The van der Waals surface area contributed by atoms with Gasteiger partial charge in [-0.05, 0) is 51.2 Å². The van der Waals surface area contributed by atoms with Crippen LogP contribution in [0, 0.1) is 0 Å². The van der Waals surface area contributed by atoms with Crippen molar-refractivity contribution in [3.05, 3.63) is 24.4 Å². The van der Waals surface area contributed by atoms with Crippen molar-refractivity contribution in [2.75, 3.05) is 50.9 Å². The van der Waals surface area contributed by atoms with Crippen LogP contribution in [0.5, 0.6) is 0 Å². The number of piperidine rings is 1. The van der Waals surface area contributed by atoms with Crippen LogP contribution in [0.15, 0.2) is 29.4 Å². The van der Waals surface area contributed by atoms with Gasteiger partial charge in [0, 0.05) is 58.2 Å². The summed E-state index contributed by atoms with van der Waals surface area (Å²) in [6.45, 7) is 8.24. The van der Waals surface area contributed by atoms with Crippen LogP contribution in [0.3, 0.4) is 0 Å². The molecule has 2 N–H and O–H groups in total. The Morgan fingerprint density at radius 3 is 2.79 bits per heavy atom. The van der Waals surface area contributed by atoms with E-state index < -0.39 is 0 Å². The fourth-order valence-corrected chi connectivity index (χ4v) is 3.66. The molecule has 2 aliphatic rings. The van der Waals surface area contributed by atoms with Gasteiger partial charge < -0.3 is 25.0 Å². The quantitative estimate of drug-likeness (QED) is 0.403. The summed E-state index contributed by atoms with van der Waals surface area (Å²) in [5.41, 5.74) is 0. The minimum atomic E-state index is 0.369. The van der Waals surface area contributed by atoms with Crippen molar-refractivity contribution in [3.63, 3.8) is 0 Å². The van der Waals surface area contributed by atoms with Crippen molar-refractivity contribution >= 4 is 11.8 Å². The number of aromatic nitrogens is 1. The molecule has 0 unspecified atom stereocenters. The number of ether oxygens (including phenoxy) is 2. The predicted molar refractivity (Wildman–Crippen MR) is 113 cm³/mol. The third-order valence-corrected chi connectivity index (χ3v) is 5.25. The molecule has 3 rings (SSSR count). The monoisotopic (exact) mass is 389 g/mol. The molecule has 2 aliphatic heterocycles. The molecule has 0 bridgehead atoms. The van der Waals surface area contributed by atoms with Crippen LogP contribution in [0.4, 0.5) is 5.82 Å². The number of hydrogen-bond acceptors (Lipinski definition) is 5. The first-order chi connectivity index (χ1) is 13.8. The van der Waals surface area contributed by atoms with E-state index in [4.69, 9.17) is 14.5 Å². The Bertz CT molecular complexity index is 569. The van der Waals surface area contributed by atoms with Gasteiger partial charge in [0.2, 0.25) is 0 Å². The molecule has 156 valence electrons. The fraction of sp³-hybridized carbons (Fsp3) is 0.714. The Morgan fingerprint density at radius 2 is 2.07 bits per heavy atom. The minimum Gasteiger partial charge on any atom is -0.381 e. The fourth-order valence-electron chi connectivity index (χ4n) is 3.66. The van der Waals surface area contributed by atoms with Gasteiger partial charge in [-0.2, -0.15) is 0 Å². The third-order valence-electron chi connectivity index (χ3n) is 5.25. The summed E-state index contributed by atoms with van der Waals surface area (Å²) in [7, 11) is 0. The lowest BCUT2D eigenvalue weighted by Gasteiger charge is -2.33. The number of guanidine groups is 1. The molecule has 1 aromatic heterocycles. The second-order valence-corrected chi connectivity index (χ2v) is 7.39. The van der Waals surface area contributed by atoms with E-state index in [0.29, 0.717) is 12.1 Å². The summed E-state index contributed by atoms with van der Waals surface area (Å²) in [6.07, 6.45) is 7.40. The zero-order valence-corrected chi connectivity index (χ0v) is 17.1. The van der Waals surface area contributed by atoms with Crippen LogP contribution in [-0.4, -0.2) is 69.1 Å². The number of nitrogens with one attached hydrogen (secondary N) is 2. The highest BCUT2D eigenvalue weighted by Crippen LogP contribution is 2.17. The first-order valence-electron chi connectivity index (χ1n) is 10.8. The summed E-state index contributed by atoms with van der Waals surface area (Å²) in [6, 6.07) is 6.55. The van der Waals surface area contributed by atoms with Crippen molar-refractivity contribution in [2.24, 2.45) is 4.99 Å². The molecular formula is C21H35N5O2. The molecule has 0 radical (unpaired) electrons. The highest BCUT2D eigenvalue weighted by molar-refractivity contribution is 5.80. The van der Waals surface area contributed by atoms with E-state index in [1.165, 1.54) is 0 Å². The number of aliphatic imine (C=N–C) groups is 1. The lowest BCUT2D eigenvalue weighted by atomic mass is 10.1. The number of anilines is 1. The Kier molecular flexibility index (Phi) is 8.84. The van der Waals surface area contributed by atoms with Gasteiger partial charge in [0.05, 0.1) is 6.10 Å². The Labute approximate surface area is 168 Å². The molecule has 0 aromatic carbocycles. The molecule has 0 aliphatic carbocycles. The minimum absolute atomic E-state index is 0.369. The van der Waals surface area contributed by atoms with Crippen molar-refractivity contribution < 1.29 is 9.47 Å². The van der Waals surface area contributed by atoms with Crippen LogP contribution < -0.4 is 15.5 Å². The smallest absolute Gasteiger partial charge is 0.191 e. The first kappa shape index (κ1) is 20.9. The topological polar surface area (TPSA) is 71.0 Å². The summed E-state index contributed by atoms with van der Waals surface area (Å²) < 4.78 is 11.3. The van der Waals surface area contributed by atoms with Crippen LogP contribution in [0.25, 0.3) is 0 Å². The van der Waals surface area contributed by atoms with E-state index in [0.717, 1.165) is 89.9 Å². The van der Waals surface area contributed by atoms with E-state index in [1.54, 1.807) is 0 Å². The molecule has 0 atom stereocenters. The van der Waals surface area contributed by atoms with Crippen LogP contribution in [0.2, 0.25) is 0 Å². The number of nitrogens with zero attached hydrogens (tertiary/aromatic N) is 3. The first-order valence-corrected chi connectivity index (χ1v) is 10.8. The van der Waals surface area contributed by atoms with Crippen LogP contribution >= 0.6 is 0 Å². The highest BCUT2D eigenvalue weighted by atomic mass is 16.5. The Balaban J connectivity index is 1.36. The van der Waals surface area contributed by atoms with Crippen molar-refractivity contribution in [3.8, 4) is 0 Å². The molecule has 2 fully saturated rings. The predicted octanol–water partition coefficient (Wildman–Crippen LogP) is 2.19. The molecule has 2 saturated heterocycles. The molecule has 7 nitrogen and oxygen atoms in total. The van der Waals surface area contributed by atoms with Gasteiger partial charge in [0.15, 0.2) is 5.96 Å². The van der Waals surface area contributed by atoms with Crippen LogP contribution in [0.1, 0.15) is 39.0 Å². The lowest BCUT2D eigenvalue weighted by Crippen LogP contribution is -2.49. The van der Waals surface area contributed by atoms with Gasteiger partial charge in [-0.3, -0.25) is 4.99 Å². The summed E-state index contributed by atoms with van der Waals surface area (Å²) in [5, 5.41) is 6.97. The van der Waals surface area contributed by atoms with Gasteiger partial charge in [-0.25, -0.2) is 4.98 Å². The summed E-state index contributed by atoms with van der Waals surface area (Å²) >= 11 is 0. The van der Waals surface area contributed by atoms with Gasteiger partial charge >= 0.3 is 0 Å². The van der Waals surface area contributed by atoms with Gasteiger partial charge in [0.1, 0.15) is 5.82 Å².